The minimum absolute atomic E-state index is 0.00244. The lowest BCUT2D eigenvalue weighted by Gasteiger charge is -2.43. The molecule has 12 heteroatoms. The topological polar surface area (TPSA) is 109 Å². The van der Waals surface area contributed by atoms with E-state index in [2.05, 4.69) is 42.2 Å². The molecule has 2 bridgehead atoms. The third kappa shape index (κ3) is 4.82. The number of carbonyl (C=O) groups is 3. The van der Waals surface area contributed by atoms with Gasteiger partial charge in [0, 0.05) is 36.2 Å². The standard InChI is InChI=1S/C34H27Br2N3O5S2/c1-15-4-2-3-5-22(15)37-24(40)14-44-23-11-8-17(36)12-19(23)25-26-20-13-21(29(26)45-31-30(25)46-34(43)38-31)28-27(20)32(41)39(33(28)42)18-9-6-16(35)7-10-18/h2-12,20-21,25-29H,13-14H2,1H3,(H,37,40)(H,38,43)/t20-,21-,25-,26?,27?,28?,29?/m1/s1. The zero-order valence-electron chi connectivity index (χ0n) is 24.4. The fraction of sp³-hybridized carbons (Fsp3) is 0.294. The number of hydrogen-bond donors (Lipinski definition) is 2. The SMILES string of the molecule is Cc1ccccc1NC(=O)COc1ccc(Br)cc1[C@H]1c2sc(=O)[nH]c2SC2C1[C@H]1C[C@@H]2C2C(=O)N(c3ccc(Br)cc3)C(=O)C21. The normalized spacial score (nSPS) is 27.4. The molecule has 2 aliphatic heterocycles. The lowest BCUT2D eigenvalue weighted by atomic mass is 9.68. The smallest absolute Gasteiger partial charge is 0.305 e. The van der Waals surface area contributed by atoms with Crippen LogP contribution >= 0.6 is 55.0 Å². The number of thiazole rings is 1. The van der Waals surface area contributed by atoms with Crippen molar-refractivity contribution in [1.29, 1.82) is 0 Å². The summed E-state index contributed by atoms with van der Waals surface area (Å²) in [6.45, 7) is 1.74. The second-order valence-corrected chi connectivity index (χ2v) is 16.3. The van der Waals surface area contributed by atoms with E-state index in [1.54, 1.807) is 23.9 Å². The van der Waals surface area contributed by atoms with Gasteiger partial charge in [-0.05, 0) is 85.2 Å². The molecular formula is C34H27Br2N3O5S2. The number of para-hydroxylation sites is 1. The van der Waals surface area contributed by atoms with Crippen LogP contribution < -0.4 is 19.8 Å². The number of H-pyrrole nitrogens is 1. The Balaban J connectivity index is 1.15. The van der Waals surface area contributed by atoms with Crippen molar-refractivity contribution in [2.45, 2.75) is 29.5 Å². The molecular weight excluding hydrogens is 754 g/mol. The Hall–Kier alpha value is -3.19. The summed E-state index contributed by atoms with van der Waals surface area (Å²) < 4.78 is 7.94. The van der Waals surface area contributed by atoms with E-state index in [-0.39, 0.29) is 64.0 Å². The molecule has 4 aliphatic rings. The van der Waals surface area contributed by atoms with E-state index < -0.39 is 5.92 Å². The lowest BCUT2D eigenvalue weighted by Crippen LogP contribution is -2.42. The minimum Gasteiger partial charge on any atom is -0.483 e. The number of nitrogens with zero attached hydrogens (tertiary/aromatic N) is 1. The maximum Gasteiger partial charge on any atom is 0.305 e. The van der Waals surface area contributed by atoms with E-state index in [4.69, 9.17) is 4.74 Å². The number of imide groups is 1. The second-order valence-electron chi connectivity index (χ2n) is 12.3. The Morgan fingerprint density at radius 1 is 0.978 bits per heavy atom. The highest BCUT2D eigenvalue weighted by Gasteiger charge is 2.69. The minimum atomic E-state index is -0.417. The van der Waals surface area contributed by atoms with E-state index in [0.29, 0.717) is 11.4 Å². The first-order valence-corrected chi connectivity index (χ1v) is 18.3. The van der Waals surface area contributed by atoms with Crippen LogP contribution in [-0.4, -0.2) is 34.6 Å². The van der Waals surface area contributed by atoms with Crippen LogP contribution in [0.4, 0.5) is 11.4 Å². The van der Waals surface area contributed by atoms with Crippen LogP contribution in [0.5, 0.6) is 5.75 Å². The first-order chi connectivity index (χ1) is 22.2. The summed E-state index contributed by atoms with van der Waals surface area (Å²) in [5, 5.41) is 3.78. The molecule has 1 aromatic heterocycles. The highest BCUT2D eigenvalue weighted by atomic mass is 79.9. The maximum atomic E-state index is 14.1. The van der Waals surface area contributed by atoms with Gasteiger partial charge in [-0.2, -0.15) is 0 Å². The molecule has 3 amide bonds. The highest BCUT2D eigenvalue weighted by molar-refractivity contribution is 9.10. The number of rotatable bonds is 6. The Bertz CT molecular complexity index is 1980. The monoisotopic (exact) mass is 779 g/mol. The lowest BCUT2D eigenvalue weighted by molar-refractivity contribution is -0.123. The summed E-state index contributed by atoms with van der Waals surface area (Å²) in [5.74, 6) is -1.10. The van der Waals surface area contributed by atoms with Crippen molar-refractivity contribution in [2.24, 2.45) is 29.6 Å². The number of aromatic amines is 1. The number of benzene rings is 3. The van der Waals surface area contributed by atoms with Crippen LogP contribution in [0, 0.1) is 36.5 Å². The molecule has 234 valence electrons. The molecule has 0 radical (unpaired) electrons. The van der Waals surface area contributed by atoms with E-state index in [9.17, 15) is 19.2 Å². The molecule has 2 aliphatic carbocycles. The van der Waals surface area contributed by atoms with E-state index in [1.165, 1.54) is 16.2 Å². The number of fused-ring (bicyclic) bond motifs is 9. The summed E-state index contributed by atoms with van der Waals surface area (Å²) in [4.78, 5) is 58.9. The van der Waals surface area contributed by atoms with Crippen molar-refractivity contribution in [3.8, 4) is 5.75 Å². The van der Waals surface area contributed by atoms with Crippen LogP contribution in [0.2, 0.25) is 0 Å². The highest BCUT2D eigenvalue weighted by Crippen LogP contribution is 2.69. The summed E-state index contributed by atoms with van der Waals surface area (Å²) in [6.07, 6.45) is 0.780. The fourth-order valence-electron chi connectivity index (χ4n) is 8.15. The van der Waals surface area contributed by atoms with Crippen molar-refractivity contribution in [2.75, 3.05) is 16.8 Å². The van der Waals surface area contributed by atoms with E-state index in [0.717, 1.165) is 42.1 Å². The number of thioether (sulfide) groups is 1. The zero-order chi connectivity index (χ0) is 31.9. The molecule has 7 atom stereocenters. The molecule has 8 nitrogen and oxygen atoms in total. The van der Waals surface area contributed by atoms with E-state index >= 15 is 0 Å². The van der Waals surface area contributed by atoms with Gasteiger partial charge in [0.1, 0.15) is 5.75 Å². The van der Waals surface area contributed by atoms with Crippen LogP contribution in [0.25, 0.3) is 0 Å². The summed E-state index contributed by atoms with van der Waals surface area (Å²) in [5.41, 5.74) is 3.13. The van der Waals surface area contributed by atoms with E-state index in [1.807, 2.05) is 61.5 Å². The Morgan fingerprint density at radius 3 is 2.46 bits per heavy atom. The maximum absolute atomic E-state index is 14.1. The average Bonchev–Trinajstić information content (AvgIpc) is 3.77. The first kappa shape index (κ1) is 30.2. The van der Waals surface area contributed by atoms with Crippen LogP contribution in [0.1, 0.15) is 28.3 Å². The van der Waals surface area contributed by atoms with Crippen LogP contribution in [0.15, 0.2) is 85.5 Å². The molecule has 3 aromatic carbocycles. The third-order valence-corrected chi connectivity index (χ3v) is 13.5. The molecule has 2 N–H and O–H groups in total. The molecule has 1 saturated heterocycles. The molecule has 8 rings (SSSR count). The van der Waals surface area contributed by atoms with Gasteiger partial charge in [0.25, 0.3) is 5.91 Å². The molecule has 3 fully saturated rings. The number of carbonyl (C=O) groups excluding carboxylic acids is 3. The van der Waals surface area contributed by atoms with Gasteiger partial charge >= 0.3 is 4.87 Å². The Kier molecular flexibility index (Phi) is 7.54. The second kappa shape index (κ2) is 11.5. The van der Waals surface area contributed by atoms with Gasteiger partial charge in [0.2, 0.25) is 11.8 Å². The van der Waals surface area contributed by atoms with Gasteiger partial charge in [-0.15, -0.1) is 11.8 Å². The van der Waals surface area contributed by atoms with Crippen LogP contribution in [-0.2, 0) is 14.4 Å². The van der Waals surface area contributed by atoms with Crippen molar-refractivity contribution in [1.82, 2.24) is 4.98 Å². The first-order valence-electron chi connectivity index (χ1n) is 15.0. The van der Waals surface area contributed by atoms with Crippen LogP contribution in [0.3, 0.4) is 0 Å². The average molecular weight is 782 g/mol. The number of nitrogens with one attached hydrogen (secondary N) is 2. The predicted molar refractivity (Wildman–Crippen MR) is 185 cm³/mol. The Labute approximate surface area is 289 Å². The summed E-state index contributed by atoms with van der Waals surface area (Å²) in [7, 11) is 0. The number of aromatic nitrogens is 1. The molecule has 46 heavy (non-hydrogen) atoms. The van der Waals surface area contributed by atoms with Crippen molar-refractivity contribution in [3.05, 3.63) is 101 Å². The fourth-order valence-corrected chi connectivity index (χ4v) is 11.7. The van der Waals surface area contributed by atoms with Crippen molar-refractivity contribution in [3.63, 3.8) is 0 Å². The van der Waals surface area contributed by atoms with Gasteiger partial charge in [-0.3, -0.25) is 24.1 Å². The molecule has 4 unspecified atom stereocenters. The van der Waals surface area contributed by atoms with Gasteiger partial charge < -0.3 is 15.0 Å². The number of ether oxygens (including phenoxy) is 1. The summed E-state index contributed by atoms with van der Waals surface area (Å²) >= 11 is 9.91. The third-order valence-electron chi connectivity index (χ3n) is 9.89. The molecule has 4 aromatic rings. The number of hydrogen-bond acceptors (Lipinski definition) is 7. The predicted octanol–water partition coefficient (Wildman–Crippen LogP) is 6.97. The number of aryl methyl sites for hydroxylation is 1. The van der Waals surface area contributed by atoms with Gasteiger partial charge in [0.05, 0.1) is 22.5 Å². The van der Waals surface area contributed by atoms with Gasteiger partial charge in [-0.1, -0.05) is 61.4 Å². The Morgan fingerprint density at radius 2 is 1.70 bits per heavy atom. The largest absolute Gasteiger partial charge is 0.483 e. The van der Waals surface area contributed by atoms with Gasteiger partial charge in [-0.25, -0.2) is 0 Å². The summed E-state index contributed by atoms with van der Waals surface area (Å²) in [6, 6.07) is 20.6. The molecule has 2 saturated carbocycles. The van der Waals surface area contributed by atoms with Gasteiger partial charge in [0.15, 0.2) is 6.61 Å². The number of halogens is 2. The van der Waals surface area contributed by atoms with Crippen molar-refractivity contribution < 1.29 is 19.1 Å². The number of amides is 3. The van der Waals surface area contributed by atoms with Crippen molar-refractivity contribution >= 4 is 84.1 Å². The quantitative estimate of drug-likeness (QED) is 0.205. The number of anilines is 2. The zero-order valence-corrected chi connectivity index (χ0v) is 29.2. The molecule has 3 heterocycles. The molecule has 0 spiro atoms.